The van der Waals surface area contributed by atoms with E-state index in [0.717, 1.165) is 38.7 Å². The number of amides is 2. The molecule has 0 bridgehead atoms. The van der Waals surface area contributed by atoms with Crippen molar-refractivity contribution in [1.82, 2.24) is 9.80 Å². The Kier molecular flexibility index (Phi) is 4.78. The van der Waals surface area contributed by atoms with Crippen LogP contribution in [0.3, 0.4) is 0 Å². The SMILES string of the molecule is O=C(CCC1CCCCO1)N1CCN(C(=O)C2CC2)CC1. The summed E-state index contributed by atoms with van der Waals surface area (Å²) >= 11 is 0. The van der Waals surface area contributed by atoms with Crippen molar-refractivity contribution in [1.29, 1.82) is 0 Å². The lowest BCUT2D eigenvalue weighted by Crippen LogP contribution is -2.51. The summed E-state index contributed by atoms with van der Waals surface area (Å²) in [5.41, 5.74) is 0. The van der Waals surface area contributed by atoms with E-state index < -0.39 is 0 Å². The molecule has 0 N–H and O–H groups in total. The van der Waals surface area contributed by atoms with E-state index >= 15 is 0 Å². The minimum atomic E-state index is 0.225. The van der Waals surface area contributed by atoms with E-state index in [1.54, 1.807) is 0 Å². The third-order valence-corrected chi connectivity index (χ3v) is 4.82. The van der Waals surface area contributed by atoms with Crippen molar-refractivity contribution in [2.75, 3.05) is 32.8 Å². The van der Waals surface area contributed by atoms with Crippen molar-refractivity contribution in [3.63, 3.8) is 0 Å². The van der Waals surface area contributed by atoms with Crippen LogP contribution in [-0.4, -0.2) is 60.5 Å². The molecule has 5 nitrogen and oxygen atoms in total. The molecule has 0 radical (unpaired) electrons. The molecule has 1 aliphatic carbocycles. The van der Waals surface area contributed by atoms with E-state index in [2.05, 4.69) is 0 Å². The van der Waals surface area contributed by atoms with Gasteiger partial charge in [0, 0.05) is 45.1 Å². The van der Waals surface area contributed by atoms with E-state index in [0.29, 0.717) is 38.5 Å². The normalized spacial score (nSPS) is 26.8. The Balaban J connectivity index is 1.37. The van der Waals surface area contributed by atoms with Gasteiger partial charge in [0.05, 0.1) is 6.10 Å². The van der Waals surface area contributed by atoms with Crippen LogP contribution in [0.2, 0.25) is 0 Å². The zero-order valence-corrected chi connectivity index (χ0v) is 12.8. The van der Waals surface area contributed by atoms with Crippen molar-refractivity contribution in [3.05, 3.63) is 0 Å². The Hall–Kier alpha value is -1.10. The van der Waals surface area contributed by atoms with Gasteiger partial charge in [-0.1, -0.05) is 0 Å². The number of piperazine rings is 1. The summed E-state index contributed by atoms with van der Waals surface area (Å²) in [6, 6.07) is 0. The fourth-order valence-corrected chi connectivity index (χ4v) is 3.24. The molecule has 1 unspecified atom stereocenters. The zero-order valence-electron chi connectivity index (χ0n) is 12.8. The number of hydrogen-bond donors (Lipinski definition) is 0. The molecule has 0 aromatic rings. The van der Waals surface area contributed by atoms with Gasteiger partial charge in [-0.3, -0.25) is 9.59 Å². The molecule has 0 aromatic heterocycles. The number of rotatable bonds is 4. The molecule has 2 saturated heterocycles. The lowest BCUT2D eigenvalue weighted by atomic mass is 10.0. The van der Waals surface area contributed by atoms with E-state index in [9.17, 15) is 9.59 Å². The lowest BCUT2D eigenvalue weighted by Gasteiger charge is -2.35. The van der Waals surface area contributed by atoms with Gasteiger partial charge in [0.15, 0.2) is 0 Å². The fraction of sp³-hybridized carbons (Fsp3) is 0.875. The molecule has 5 heteroatoms. The van der Waals surface area contributed by atoms with Gasteiger partial charge in [-0.25, -0.2) is 0 Å². The van der Waals surface area contributed by atoms with Crippen LogP contribution in [0.4, 0.5) is 0 Å². The molecular formula is C16H26N2O3. The maximum atomic E-state index is 12.2. The van der Waals surface area contributed by atoms with Gasteiger partial charge in [-0.05, 0) is 38.5 Å². The van der Waals surface area contributed by atoms with Crippen LogP contribution >= 0.6 is 0 Å². The number of carbonyl (C=O) groups is 2. The van der Waals surface area contributed by atoms with E-state index in [1.807, 2.05) is 9.80 Å². The highest BCUT2D eigenvalue weighted by Crippen LogP contribution is 2.31. The van der Waals surface area contributed by atoms with Crippen LogP contribution in [-0.2, 0) is 14.3 Å². The van der Waals surface area contributed by atoms with Gasteiger partial charge in [0.25, 0.3) is 0 Å². The van der Waals surface area contributed by atoms with Gasteiger partial charge < -0.3 is 14.5 Å². The summed E-state index contributed by atoms with van der Waals surface area (Å²) in [5, 5.41) is 0. The third-order valence-electron chi connectivity index (χ3n) is 4.82. The maximum absolute atomic E-state index is 12.2. The summed E-state index contributed by atoms with van der Waals surface area (Å²) < 4.78 is 5.67. The zero-order chi connectivity index (χ0) is 14.7. The highest BCUT2D eigenvalue weighted by molar-refractivity contribution is 5.81. The lowest BCUT2D eigenvalue weighted by molar-refractivity contribution is -0.140. The molecule has 0 aromatic carbocycles. The molecule has 3 aliphatic rings. The molecule has 1 atom stereocenters. The number of ether oxygens (including phenoxy) is 1. The van der Waals surface area contributed by atoms with Gasteiger partial charge >= 0.3 is 0 Å². The Morgan fingerprint density at radius 3 is 2.29 bits per heavy atom. The van der Waals surface area contributed by atoms with Crippen LogP contribution in [0.15, 0.2) is 0 Å². The highest BCUT2D eigenvalue weighted by Gasteiger charge is 2.35. The Labute approximate surface area is 126 Å². The molecule has 3 fully saturated rings. The summed E-state index contributed by atoms with van der Waals surface area (Å²) in [6.07, 6.45) is 7.29. The largest absolute Gasteiger partial charge is 0.378 e. The summed E-state index contributed by atoms with van der Waals surface area (Å²) in [6.45, 7) is 3.66. The molecule has 21 heavy (non-hydrogen) atoms. The predicted octanol–water partition coefficient (Wildman–Crippen LogP) is 1.42. The van der Waals surface area contributed by atoms with E-state index in [4.69, 9.17) is 4.74 Å². The summed E-state index contributed by atoms with van der Waals surface area (Å²) in [4.78, 5) is 28.1. The van der Waals surface area contributed by atoms with Crippen LogP contribution in [0.25, 0.3) is 0 Å². The van der Waals surface area contributed by atoms with Gasteiger partial charge in [-0.15, -0.1) is 0 Å². The highest BCUT2D eigenvalue weighted by atomic mass is 16.5. The average Bonchev–Trinajstić information content (AvgIpc) is 3.38. The first-order valence-corrected chi connectivity index (χ1v) is 8.42. The first-order chi connectivity index (χ1) is 10.2. The fourth-order valence-electron chi connectivity index (χ4n) is 3.24. The van der Waals surface area contributed by atoms with Crippen LogP contribution in [0.5, 0.6) is 0 Å². The molecule has 0 spiro atoms. The first-order valence-electron chi connectivity index (χ1n) is 8.42. The number of nitrogens with zero attached hydrogens (tertiary/aromatic N) is 2. The monoisotopic (exact) mass is 294 g/mol. The maximum Gasteiger partial charge on any atom is 0.225 e. The average molecular weight is 294 g/mol. The quantitative estimate of drug-likeness (QED) is 0.788. The van der Waals surface area contributed by atoms with Crippen LogP contribution < -0.4 is 0 Å². The van der Waals surface area contributed by atoms with Crippen molar-refractivity contribution >= 4 is 11.8 Å². The van der Waals surface area contributed by atoms with Crippen LogP contribution in [0.1, 0.15) is 44.9 Å². The summed E-state index contributed by atoms with van der Waals surface area (Å²) in [7, 11) is 0. The second-order valence-corrected chi connectivity index (χ2v) is 6.51. The van der Waals surface area contributed by atoms with E-state index in [-0.39, 0.29) is 17.9 Å². The number of hydrogen-bond acceptors (Lipinski definition) is 3. The predicted molar refractivity (Wildman–Crippen MR) is 78.7 cm³/mol. The number of carbonyl (C=O) groups excluding carboxylic acids is 2. The molecule has 3 rings (SSSR count). The molecule has 1 saturated carbocycles. The first kappa shape index (κ1) is 14.8. The molecule has 118 valence electrons. The molecule has 2 aliphatic heterocycles. The minimum absolute atomic E-state index is 0.225. The Morgan fingerprint density at radius 1 is 0.952 bits per heavy atom. The smallest absolute Gasteiger partial charge is 0.225 e. The molecular weight excluding hydrogens is 268 g/mol. The minimum Gasteiger partial charge on any atom is -0.378 e. The molecule has 2 amide bonds. The van der Waals surface area contributed by atoms with Gasteiger partial charge in [0.1, 0.15) is 0 Å². The Morgan fingerprint density at radius 2 is 1.67 bits per heavy atom. The molecule has 2 heterocycles. The van der Waals surface area contributed by atoms with Gasteiger partial charge in [0.2, 0.25) is 11.8 Å². The van der Waals surface area contributed by atoms with Gasteiger partial charge in [-0.2, -0.15) is 0 Å². The van der Waals surface area contributed by atoms with E-state index in [1.165, 1.54) is 6.42 Å². The Bertz CT molecular complexity index is 381. The standard InChI is InChI=1S/C16H26N2O3/c19-15(7-6-14-3-1-2-12-21-14)17-8-10-18(11-9-17)16(20)13-4-5-13/h13-14H,1-12H2. The van der Waals surface area contributed by atoms with Crippen molar-refractivity contribution in [2.24, 2.45) is 5.92 Å². The second kappa shape index (κ2) is 6.77. The van der Waals surface area contributed by atoms with Crippen molar-refractivity contribution < 1.29 is 14.3 Å². The van der Waals surface area contributed by atoms with Crippen molar-refractivity contribution in [3.8, 4) is 0 Å². The van der Waals surface area contributed by atoms with Crippen molar-refractivity contribution in [2.45, 2.75) is 51.0 Å². The summed E-state index contributed by atoms with van der Waals surface area (Å²) in [5.74, 6) is 0.816. The van der Waals surface area contributed by atoms with Crippen LogP contribution in [0, 0.1) is 5.92 Å². The topological polar surface area (TPSA) is 49.9 Å². The third kappa shape index (κ3) is 3.96. The second-order valence-electron chi connectivity index (χ2n) is 6.51.